The van der Waals surface area contributed by atoms with Crippen LogP contribution in [-0.4, -0.2) is 107 Å². The molecule has 0 saturated carbocycles. The van der Waals surface area contributed by atoms with Gasteiger partial charge in [0.05, 0.1) is 12.3 Å². The van der Waals surface area contributed by atoms with Gasteiger partial charge in [0, 0.05) is 82.5 Å². The molecule has 8 rings (SSSR count). The lowest BCUT2D eigenvalue weighted by Gasteiger charge is -2.41. The number of nitrogens with zero attached hydrogens (tertiary/aromatic N) is 7. The highest BCUT2D eigenvalue weighted by Crippen LogP contribution is 2.22. The average Bonchev–Trinajstić information content (AvgIpc) is 2.92. The molecule has 2 N–H and O–H groups in total. The number of hydrogen-bond donors (Lipinski definition) is 2. The lowest BCUT2D eigenvalue weighted by atomic mass is 10.1. The SMILES string of the molecule is CN1CCCN(C)c2ccc(cn2)-c2ccnc(n2)Nc2cccc(c2)CN2CCN(CC1)CC2CO. The smallest absolute Gasteiger partial charge is 0.227 e. The summed E-state index contributed by atoms with van der Waals surface area (Å²) >= 11 is 0. The first-order valence-electron chi connectivity index (χ1n) is 13.2. The fraction of sp³-hybridized carbons (Fsp3) is 0.464. The molecule has 3 aromatic rings. The van der Waals surface area contributed by atoms with Crippen molar-refractivity contribution in [3.63, 3.8) is 0 Å². The summed E-state index contributed by atoms with van der Waals surface area (Å²) in [5, 5.41) is 13.5. The summed E-state index contributed by atoms with van der Waals surface area (Å²) in [6.07, 6.45) is 4.73. The molecule has 5 aliphatic heterocycles. The number of nitrogens with one attached hydrogen (secondary N) is 1. The molecule has 37 heavy (non-hydrogen) atoms. The molecule has 2 aromatic heterocycles. The van der Waals surface area contributed by atoms with Crippen LogP contribution < -0.4 is 10.2 Å². The van der Waals surface area contributed by atoms with Gasteiger partial charge in [0.15, 0.2) is 0 Å². The number of aromatic nitrogens is 3. The second-order valence-electron chi connectivity index (χ2n) is 10.2. The minimum absolute atomic E-state index is 0.142. The predicted molar refractivity (Wildman–Crippen MR) is 148 cm³/mol. The lowest BCUT2D eigenvalue weighted by Crippen LogP contribution is -2.55. The normalized spacial score (nSPS) is 23.5. The third-order valence-corrected chi connectivity index (χ3v) is 7.39. The van der Waals surface area contributed by atoms with Crippen LogP contribution in [0, 0.1) is 0 Å². The molecule has 1 aromatic carbocycles. The Hall–Kier alpha value is -3.11. The summed E-state index contributed by atoms with van der Waals surface area (Å²) in [6.45, 7) is 7.89. The van der Waals surface area contributed by atoms with Crippen molar-refractivity contribution >= 4 is 17.5 Å². The molecule has 8 bridgehead atoms. The molecule has 5 aliphatic rings. The standard InChI is InChI=1S/C28H38N8O/c1-33-11-4-12-34(2)27-8-7-23(18-30-27)26-9-10-29-28(32-26)31-24-6-3-5-22(17-24)19-36-16-15-35(14-13-33)20-25(36)21-37/h3,5-10,17-18,25,37H,4,11-16,19-21H2,1-2H3,(H,29,31,32). The van der Waals surface area contributed by atoms with E-state index < -0.39 is 0 Å². The number of aliphatic hydroxyl groups excluding tert-OH is 1. The van der Waals surface area contributed by atoms with Gasteiger partial charge in [0.2, 0.25) is 5.95 Å². The van der Waals surface area contributed by atoms with E-state index in [1.165, 1.54) is 5.56 Å². The molecule has 0 aliphatic carbocycles. The van der Waals surface area contributed by atoms with E-state index in [0.29, 0.717) is 5.95 Å². The molecule has 0 spiro atoms. The van der Waals surface area contributed by atoms with E-state index in [1.807, 2.05) is 18.3 Å². The summed E-state index contributed by atoms with van der Waals surface area (Å²) in [5.74, 6) is 1.52. The Balaban J connectivity index is 1.39. The molecule has 3 atom stereocenters. The van der Waals surface area contributed by atoms with Crippen molar-refractivity contribution in [2.45, 2.75) is 19.0 Å². The number of rotatable bonds is 1. The quantitative estimate of drug-likeness (QED) is 0.522. The maximum Gasteiger partial charge on any atom is 0.227 e. The van der Waals surface area contributed by atoms with Crippen molar-refractivity contribution in [3.05, 3.63) is 60.4 Å². The molecule has 0 radical (unpaired) electrons. The van der Waals surface area contributed by atoms with Crippen molar-refractivity contribution in [3.8, 4) is 11.3 Å². The molecule has 0 amide bonds. The predicted octanol–water partition coefficient (Wildman–Crippen LogP) is 2.53. The average molecular weight is 503 g/mol. The van der Waals surface area contributed by atoms with Gasteiger partial charge in [-0.2, -0.15) is 0 Å². The minimum atomic E-state index is 0.142. The van der Waals surface area contributed by atoms with Crippen LogP contribution in [0.5, 0.6) is 0 Å². The van der Waals surface area contributed by atoms with E-state index in [1.54, 1.807) is 6.20 Å². The van der Waals surface area contributed by atoms with E-state index >= 15 is 0 Å². The molecule has 7 heterocycles. The molecule has 9 nitrogen and oxygen atoms in total. The topological polar surface area (TPSA) is 83.9 Å². The van der Waals surface area contributed by atoms with Crippen molar-refractivity contribution in [2.75, 3.05) is 76.7 Å². The van der Waals surface area contributed by atoms with Crippen LogP contribution in [0.3, 0.4) is 0 Å². The van der Waals surface area contributed by atoms with Gasteiger partial charge in [-0.3, -0.25) is 9.80 Å². The Bertz CT molecular complexity index is 1160. The van der Waals surface area contributed by atoms with Crippen molar-refractivity contribution < 1.29 is 5.11 Å². The third-order valence-electron chi connectivity index (χ3n) is 7.39. The first kappa shape index (κ1) is 25.5. The van der Waals surface area contributed by atoms with Gasteiger partial charge in [-0.25, -0.2) is 15.0 Å². The molecule has 9 heteroatoms. The second-order valence-corrected chi connectivity index (χ2v) is 10.2. The number of anilines is 3. The van der Waals surface area contributed by atoms with E-state index in [9.17, 15) is 5.11 Å². The van der Waals surface area contributed by atoms with Gasteiger partial charge in [0.25, 0.3) is 0 Å². The van der Waals surface area contributed by atoms with Gasteiger partial charge in [0.1, 0.15) is 5.82 Å². The minimum Gasteiger partial charge on any atom is -0.395 e. The highest BCUT2D eigenvalue weighted by atomic mass is 16.3. The third kappa shape index (κ3) is 6.61. The Morgan fingerprint density at radius 1 is 0.973 bits per heavy atom. The Morgan fingerprint density at radius 2 is 1.86 bits per heavy atom. The highest BCUT2D eigenvalue weighted by Gasteiger charge is 2.26. The molecular weight excluding hydrogens is 464 g/mol. The van der Waals surface area contributed by atoms with E-state index in [-0.39, 0.29) is 12.6 Å². The van der Waals surface area contributed by atoms with Crippen LogP contribution in [0.4, 0.5) is 17.5 Å². The fourth-order valence-electron chi connectivity index (χ4n) is 5.11. The molecule has 3 unspecified atom stereocenters. The van der Waals surface area contributed by atoms with E-state index in [2.05, 4.69) is 74.3 Å². The summed E-state index contributed by atoms with van der Waals surface area (Å²) in [5.41, 5.74) is 3.95. The number of hydrogen-bond acceptors (Lipinski definition) is 9. The Morgan fingerprint density at radius 3 is 2.70 bits per heavy atom. The molecule has 1 saturated heterocycles. The first-order valence-corrected chi connectivity index (χ1v) is 13.2. The maximum absolute atomic E-state index is 10.1. The zero-order valence-corrected chi connectivity index (χ0v) is 21.9. The van der Waals surface area contributed by atoms with Gasteiger partial charge in [-0.05, 0) is 55.9 Å². The second kappa shape index (κ2) is 12.0. The summed E-state index contributed by atoms with van der Waals surface area (Å²) in [7, 11) is 4.30. The van der Waals surface area contributed by atoms with Crippen LogP contribution in [-0.2, 0) is 6.54 Å². The van der Waals surface area contributed by atoms with Crippen molar-refractivity contribution in [2.24, 2.45) is 0 Å². The number of piperazine rings is 1. The van der Waals surface area contributed by atoms with Crippen LogP contribution in [0.1, 0.15) is 12.0 Å². The van der Waals surface area contributed by atoms with E-state index in [4.69, 9.17) is 9.97 Å². The highest BCUT2D eigenvalue weighted by molar-refractivity contribution is 5.62. The fourth-order valence-corrected chi connectivity index (χ4v) is 5.11. The van der Waals surface area contributed by atoms with Gasteiger partial charge in [-0.15, -0.1) is 0 Å². The van der Waals surface area contributed by atoms with Crippen LogP contribution in [0.15, 0.2) is 54.9 Å². The summed E-state index contributed by atoms with van der Waals surface area (Å²) in [4.78, 5) is 23.4. The van der Waals surface area contributed by atoms with Gasteiger partial charge >= 0.3 is 0 Å². The number of aliphatic hydroxyl groups is 1. The zero-order chi connectivity index (χ0) is 25.6. The summed E-state index contributed by atoms with van der Waals surface area (Å²) in [6, 6.07) is 14.6. The van der Waals surface area contributed by atoms with Crippen molar-refractivity contribution in [1.82, 2.24) is 29.7 Å². The van der Waals surface area contributed by atoms with Crippen LogP contribution in [0.25, 0.3) is 11.3 Å². The lowest BCUT2D eigenvalue weighted by molar-refractivity contribution is 0.0319. The van der Waals surface area contributed by atoms with Crippen LogP contribution >= 0.6 is 0 Å². The number of benzene rings is 1. The molecule has 1 fully saturated rings. The Labute approximate surface area is 219 Å². The summed E-state index contributed by atoms with van der Waals surface area (Å²) < 4.78 is 0. The van der Waals surface area contributed by atoms with Gasteiger partial charge < -0.3 is 20.2 Å². The maximum atomic E-state index is 10.1. The van der Waals surface area contributed by atoms with Gasteiger partial charge in [-0.1, -0.05) is 12.1 Å². The van der Waals surface area contributed by atoms with Crippen LogP contribution in [0.2, 0.25) is 0 Å². The molecular formula is C28H38N8O. The van der Waals surface area contributed by atoms with E-state index in [0.717, 1.165) is 81.5 Å². The largest absolute Gasteiger partial charge is 0.395 e. The number of likely N-dealkylation sites (N-methyl/N-ethyl adjacent to an activating group) is 1. The Kier molecular flexibility index (Phi) is 8.25. The first-order chi connectivity index (χ1) is 18.1. The van der Waals surface area contributed by atoms with Crippen molar-refractivity contribution in [1.29, 1.82) is 0 Å². The number of pyridine rings is 1. The zero-order valence-electron chi connectivity index (χ0n) is 21.9. The molecule has 196 valence electrons. The monoisotopic (exact) mass is 502 g/mol.